The Hall–Kier alpha value is -1.20. The fourth-order valence-corrected chi connectivity index (χ4v) is 5.53. The van der Waals surface area contributed by atoms with Gasteiger partial charge in [0.1, 0.15) is 6.79 Å². The van der Waals surface area contributed by atoms with E-state index < -0.39 is 0 Å². The summed E-state index contributed by atoms with van der Waals surface area (Å²) in [6.45, 7) is 8.03. The van der Waals surface area contributed by atoms with E-state index in [2.05, 4.69) is 62.5 Å². The maximum Gasteiger partial charge on any atom is 0.146 e. The van der Waals surface area contributed by atoms with Gasteiger partial charge in [0.05, 0.1) is 13.2 Å². The van der Waals surface area contributed by atoms with E-state index in [4.69, 9.17) is 19.2 Å². The lowest BCUT2D eigenvalue weighted by Crippen LogP contribution is -2.03. The summed E-state index contributed by atoms with van der Waals surface area (Å²) in [4.78, 5) is 10.7. The molecule has 0 spiro atoms. The SMILES string of the molecule is CCCCC/C=C\C/C=C\CCCCCCCCOCOCCCCCCCOOCCCCCCCC/C=C\C/C=C\CCCCC. The van der Waals surface area contributed by atoms with Crippen LogP contribution in [0.4, 0.5) is 0 Å². The van der Waals surface area contributed by atoms with Crippen molar-refractivity contribution in [2.75, 3.05) is 33.2 Å². The van der Waals surface area contributed by atoms with E-state index in [1.165, 1.54) is 148 Å². The molecule has 0 aromatic carbocycles. The van der Waals surface area contributed by atoms with Crippen LogP contribution in [-0.4, -0.2) is 33.2 Å². The van der Waals surface area contributed by atoms with Crippen LogP contribution in [0.15, 0.2) is 48.6 Å². The van der Waals surface area contributed by atoms with Crippen molar-refractivity contribution in [3.63, 3.8) is 0 Å². The molecule has 0 N–H and O–H groups in total. The summed E-state index contributed by atoms with van der Waals surface area (Å²) in [7, 11) is 0. The first-order chi connectivity index (χ1) is 23.9. The van der Waals surface area contributed by atoms with Gasteiger partial charge < -0.3 is 9.47 Å². The van der Waals surface area contributed by atoms with Crippen LogP contribution < -0.4 is 0 Å². The van der Waals surface area contributed by atoms with E-state index in [9.17, 15) is 0 Å². The summed E-state index contributed by atoms with van der Waals surface area (Å²) in [6, 6.07) is 0. The molecule has 0 aromatic rings. The first-order valence-electron chi connectivity index (χ1n) is 20.9. The molecular formula is C44H82O4. The topological polar surface area (TPSA) is 36.9 Å². The van der Waals surface area contributed by atoms with E-state index >= 15 is 0 Å². The molecule has 0 heterocycles. The molecule has 4 nitrogen and oxygen atoms in total. The zero-order valence-corrected chi connectivity index (χ0v) is 32.3. The molecule has 4 heteroatoms. The van der Waals surface area contributed by atoms with Crippen LogP contribution in [0.25, 0.3) is 0 Å². The summed E-state index contributed by atoms with van der Waals surface area (Å²) in [5.41, 5.74) is 0. The number of hydrogen-bond acceptors (Lipinski definition) is 4. The molecule has 0 rings (SSSR count). The first-order valence-corrected chi connectivity index (χ1v) is 20.9. The highest BCUT2D eigenvalue weighted by molar-refractivity contribution is 4.93. The third-order valence-electron chi connectivity index (χ3n) is 8.68. The van der Waals surface area contributed by atoms with E-state index in [-0.39, 0.29) is 0 Å². The highest BCUT2D eigenvalue weighted by Crippen LogP contribution is 2.10. The van der Waals surface area contributed by atoms with Crippen LogP contribution in [0, 0.1) is 0 Å². The molecule has 0 amide bonds. The second-order valence-electron chi connectivity index (χ2n) is 13.5. The predicted octanol–water partition coefficient (Wildman–Crippen LogP) is 14.5. The molecule has 0 unspecified atom stereocenters. The van der Waals surface area contributed by atoms with Crippen molar-refractivity contribution in [2.45, 2.75) is 200 Å². The molecule has 0 radical (unpaired) electrons. The zero-order valence-electron chi connectivity index (χ0n) is 32.3. The van der Waals surface area contributed by atoms with Gasteiger partial charge in [-0.2, -0.15) is 0 Å². The molecule has 0 fully saturated rings. The maximum atomic E-state index is 5.64. The Kier molecular flexibility index (Phi) is 44.7. The van der Waals surface area contributed by atoms with Crippen molar-refractivity contribution in [2.24, 2.45) is 0 Å². The van der Waals surface area contributed by atoms with Crippen LogP contribution in [0.2, 0.25) is 0 Å². The fraction of sp³-hybridized carbons (Fsp3) is 0.818. The van der Waals surface area contributed by atoms with Gasteiger partial charge in [0.2, 0.25) is 0 Å². The summed E-state index contributed by atoms with van der Waals surface area (Å²) < 4.78 is 11.3. The Morgan fingerprint density at radius 2 is 0.583 bits per heavy atom. The van der Waals surface area contributed by atoms with Gasteiger partial charge in [-0.1, -0.05) is 159 Å². The van der Waals surface area contributed by atoms with Crippen molar-refractivity contribution >= 4 is 0 Å². The van der Waals surface area contributed by atoms with Crippen LogP contribution >= 0.6 is 0 Å². The first kappa shape index (κ1) is 46.8. The zero-order chi connectivity index (χ0) is 34.5. The lowest BCUT2D eigenvalue weighted by Gasteiger charge is -2.06. The molecular weight excluding hydrogens is 592 g/mol. The maximum absolute atomic E-state index is 5.64. The molecule has 0 aliphatic carbocycles. The van der Waals surface area contributed by atoms with Crippen molar-refractivity contribution < 1.29 is 19.2 Å². The summed E-state index contributed by atoms with van der Waals surface area (Å²) in [6.07, 6.45) is 55.0. The molecule has 0 saturated carbocycles. The Balaban J connectivity index is 3.13. The second kappa shape index (κ2) is 45.8. The van der Waals surface area contributed by atoms with Gasteiger partial charge in [0, 0.05) is 13.2 Å². The number of allylic oxidation sites excluding steroid dienone is 8. The van der Waals surface area contributed by atoms with Gasteiger partial charge in [-0.15, -0.1) is 0 Å². The normalized spacial score (nSPS) is 12.3. The Morgan fingerprint density at radius 3 is 0.938 bits per heavy atom. The highest BCUT2D eigenvalue weighted by atomic mass is 17.2. The molecule has 0 atom stereocenters. The second-order valence-corrected chi connectivity index (χ2v) is 13.5. The van der Waals surface area contributed by atoms with Crippen LogP contribution in [0.5, 0.6) is 0 Å². The lowest BCUT2D eigenvalue weighted by molar-refractivity contribution is -0.295. The van der Waals surface area contributed by atoms with Crippen LogP contribution in [0.1, 0.15) is 200 Å². The molecule has 282 valence electrons. The number of unbranched alkanes of at least 4 members (excludes halogenated alkanes) is 22. The van der Waals surface area contributed by atoms with E-state index in [1.807, 2.05) is 0 Å². The quantitative estimate of drug-likeness (QED) is 0.0213. The monoisotopic (exact) mass is 675 g/mol. The molecule has 0 saturated heterocycles. The minimum Gasteiger partial charge on any atom is -0.355 e. The molecule has 0 aliphatic rings. The third kappa shape index (κ3) is 44.8. The van der Waals surface area contributed by atoms with Gasteiger partial charge in [-0.25, -0.2) is 9.78 Å². The molecule has 0 bridgehead atoms. The highest BCUT2D eigenvalue weighted by Gasteiger charge is 1.96. The van der Waals surface area contributed by atoms with E-state index in [0.717, 1.165) is 58.3 Å². The predicted molar refractivity (Wildman–Crippen MR) is 210 cm³/mol. The Morgan fingerprint density at radius 1 is 0.292 bits per heavy atom. The minimum absolute atomic E-state index is 0.445. The number of rotatable bonds is 41. The Bertz CT molecular complexity index is 625. The summed E-state index contributed by atoms with van der Waals surface area (Å²) >= 11 is 0. The van der Waals surface area contributed by atoms with Gasteiger partial charge in [-0.3, -0.25) is 0 Å². The minimum atomic E-state index is 0.445. The third-order valence-corrected chi connectivity index (χ3v) is 8.68. The van der Waals surface area contributed by atoms with Gasteiger partial charge in [0.15, 0.2) is 0 Å². The molecule has 48 heavy (non-hydrogen) atoms. The van der Waals surface area contributed by atoms with E-state index in [1.54, 1.807) is 0 Å². The summed E-state index contributed by atoms with van der Waals surface area (Å²) in [5, 5.41) is 0. The standard InChI is InChI=1S/C44H82O4/c1-3-5-7-9-11-13-15-17-19-21-23-25-27-29-32-36-40-45-44-46-41-37-33-31-35-39-43-48-47-42-38-34-30-28-26-24-22-20-18-16-14-12-10-8-6-4-2/h11-14,17-20H,3-10,15-16,21-44H2,1-2H3/b13-11-,14-12-,19-17-,20-18-. The lowest BCUT2D eigenvalue weighted by atomic mass is 10.1. The van der Waals surface area contributed by atoms with Gasteiger partial charge in [0.25, 0.3) is 0 Å². The van der Waals surface area contributed by atoms with Crippen molar-refractivity contribution in [3.05, 3.63) is 48.6 Å². The largest absolute Gasteiger partial charge is 0.355 e. The average Bonchev–Trinajstić information content (AvgIpc) is 3.10. The number of hydrogen-bond donors (Lipinski definition) is 0. The fourth-order valence-electron chi connectivity index (χ4n) is 5.53. The Labute approximate surface area is 300 Å². The molecule has 0 aromatic heterocycles. The average molecular weight is 675 g/mol. The van der Waals surface area contributed by atoms with Crippen molar-refractivity contribution in [1.29, 1.82) is 0 Å². The smallest absolute Gasteiger partial charge is 0.146 e. The van der Waals surface area contributed by atoms with Gasteiger partial charge in [-0.05, 0) is 89.9 Å². The van der Waals surface area contributed by atoms with Crippen LogP contribution in [0.3, 0.4) is 0 Å². The molecule has 0 aliphatic heterocycles. The van der Waals surface area contributed by atoms with E-state index in [0.29, 0.717) is 13.4 Å². The van der Waals surface area contributed by atoms with Crippen molar-refractivity contribution in [3.8, 4) is 0 Å². The van der Waals surface area contributed by atoms with Crippen LogP contribution in [-0.2, 0) is 19.2 Å². The van der Waals surface area contributed by atoms with Gasteiger partial charge >= 0.3 is 0 Å². The number of ether oxygens (including phenoxy) is 2. The van der Waals surface area contributed by atoms with Crippen molar-refractivity contribution in [1.82, 2.24) is 0 Å². The summed E-state index contributed by atoms with van der Waals surface area (Å²) in [5.74, 6) is 0.